The molecule has 4 rings (SSSR count). The van der Waals surface area contributed by atoms with E-state index in [1.165, 1.54) is 12.1 Å². The highest BCUT2D eigenvalue weighted by Crippen LogP contribution is 2.32. The summed E-state index contributed by atoms with van der Waals surface area (Å²) in [5, 5.41) is 15.8. The first-order valence-corrected chi connectivity index (χ1v) is 11.3. The molecule has 3 aromatic rings. The summed E-state index contributed by atoms with van der Waals surface area (Å²) < 4.78 is 18.5. The largest absolute Gasteiger partial charge is 0.491 e. The lowest BCUT2D eigenvalue weighted by atomic mass is 10.1. The summed E-state index contributed by atoms with van der Waals surface area (Å²) in [7, 11) is 0. The van der Waals surface area contributed by atoms with E-state index in [1.54, 1.807) is 30.9 Å². The van der Waals surface area contributed by atoms with Crippen LogP contribution in [0.2, 0.25) is 0 Å². The van der Waals surface area contributed by atoms with Gasteiger partial charge in [0, 0.05) is 18.5 Å². The predicted octanol–water partition coefficient (Wildman–Crippen LogP) is 2.58. The molecule has 0 bridgehead atoms. The Labute approximate surface area is 208 Å². The van der Waals surface area contributed by atoms with E-state index in [0.29, 0.717) is 37.6 Å². The van der Waals surface area contributed by atoms with E-state index in [-0.39, 0.29) is 17.5 Å². The number of anilines is 1. The van der Waals surface area contributed by atoms with Crippen molar-refractivity contribution in [3.63, 3.8) is 0 Å². The van der Waals surface area contributed by atoms with E-state index in [0.717, 1.165) is 16.8 Å². The quantitative estimate of drug-likeness (QED) is 0.478. The lowest BCUT2D eigenvalue weighted by Gasteiger charge is -2.20. The molecule has 2 amide bonds. The van der Waals surface area contributed by atoms with Crippen molar-refractivity contribution < 1.29 is 23.8 Å². The maximum atomic E-state index is 12.9. The summed E-state index contributed by atoms with van der Waals surface area (Å²) in [4.78, 5) is 28.3. The molecule has 1 aromatic heterocycles. The summed E-state index contributed by atoms with van der Waals surface area (Å²) >= 11 is 0. The van der Waals surface area contributed by atoms with Gasteiger partial charge < -0.3 is 20.5 Å². The van der Waals surface area contributed by atoms with Crippen molar-refractivity contribution in [2.45, 2.75) is 39.2 Å². The summed E-state index contributed by atoms with van der Waals surface area (Å²) in [6.45, 7) is 6.19. The van der Waals surface area contributed by atoms with E-state index in [4.69, 9.17) is 10.5 Å². The number of aliphatic hydroxyl groups is 1. The van der Waals surface area contributed by atoms with E-state index in [9.17, 15) is 19.1 Å². The van der Waals surface area contributed by atoms with Gasteiger partial charge in [0.25, 0.3) is 5.91 Å². The van der Waals surface area contributed by atoms with Gasteiger partial charge in [-0.05, 0) is 56.7 Å². The number of hydrogen-bond acceptors (Lipinski definition) is 6. The molecule has 0 aliphatic carbocycles. The lowest BCUT2D eigenvalue weighted by Crippen LogP contribution is -2.29. The summed E-state index contributed by atoms with van der Waals surface area (Å²) in [6, 6.07) is 11.6. The normalized spacial score (nSPS) is 12.8. The van der Waals surface area contributed by atoms with Crippen LogP contribution in [-0.2, 0) is 11.2 Å². The number of aromatic amines is 1. The number of ether oxygens (including phenoxy) is 1. The Balaban J connectivity index is 0.000000205. The second-order valence-electron chi connectivity index (χ2n) is 8.50. The molecule has 9 nitrogen and oxygen atoms in total. The van der Waals surface area contributed by atoms with Gasteiger partial charge in [0.05, 0.1) is 18.7 Å². The highest BCUT2D eigenvalue weighted by Gasteiger charge is 2.22. The molecular weight excluding hydrogens is 465 g/mol. The van der Waals surface area contributed by atoms with E-state index in [2.05, 4.69) is 27.0 Å². The Morgan fingerprint density at radius 3 is 2.72 bits per heavy atom. The third kappa shape index (κ3) is 7.38. The Morgan fingerprint density at radius 2 is 2.08 bits per heavy atom. The van der Waals surface area contributed by atoms with Crippen LogP contribution in [0.3, 0.4) is 0 Å². The van der Waals surface area contributed by atoms with Gasteiger partial charge in [-0.15, -0.1) is 5.10 Å². The number of hydrogen-bond donors (Lipinski definition) is 3. The molecule has 2 heterocycles. The number of nitrogens with one attached hydrogen (secondary N) is 1. The molecule has 0 saturated heterocycles. The van der Waals surface area contributed by atoms with Crippen molar-refractivity contribution >= 4 is 17.5 Å². The number of rotatable bonds is 4. The van der Waals surface area contributed by atoms with Gasteiger partial charge in [-0.25, -0.2) is 9.37 Å². The van der Waals surface area contributed by atoms with E-state index >= 15 is 0 Å². The fraction of sp³-hybridized carbons (Fsp3) is 0.308. The molecule has 4 N–H and O–H groups in total. The number of nitrogens with two attached hydrogens (primary N) is 1. The molecule has 1 aliphatic heterocycles. The number of primary amides is 1. The van der Waals surface area contributed by atoms with Crippen LogP contribution in [-0.4, -0.2) is 50.9 Å². The van der Waals surface area contributed by atoms with Gasteiger partial charge in [0.1, 0.15) is 23.0 Å². The molecular formula is C26H28FN5O4. The van der Waals surface area contributed by atoms with Gasteiger partial charge in [0.2, 0.25) is 11.7 Å². The zero-order valence-electron chi connectivity index (χ0n) is 20.3. The Morgan fingerprint density at radius 1 is 1.31 bits per heavy atom. The van der Waals surface area contributed by atoms with Crippen molar-refractivity contribution in [2.75, 3.05) is 18.1 Å². The second-order valence-corrected chi connectivity index (χ2v) is 8.50. The molecule has 0 fully saturated rings. The number of benzene rings is 2. The van der Waals surface area contributed by atoms with Gasteiger partial charge in [0.15, 0.2) is 0 Å². The average Bonchev–Trinajstić information content (AvgIpc) is 3.21. The van der Waals surface area contributed by atoms with Crippen LogP contribution >= 0.6 is 0 Å². The van der Waals surface area contributed by atoms with Crippen LogP contribution in [0, 0.1) is 17.7 Å². The van der Waals surface area contributed by atoms with E-state index in [1.807, 2.05) is 25.1 Å². The molecule has 10 heteroatoms. The van der Waals surface area contributed by atoms with Crippen LogP contribution in [0.15, 0.2) is 42.5 Å². The van der Waals surface area contributed by atoms with Crippen molar-refractivity contribution in [2.24, 2.45) is 5.73 Å². The third-order valence-corrected chi connectivity index (χ3v) is 4.97. The number of nitrogens with zero attached hydrogens (tertiary/aromatic N) is 3. The Kier molecular flexibility index (Phi) is 8.40. The predicted molar refractivity (Wildman–Crippen MR) is 132 cm³/mol. The first-order chi connectivity index (χ1) is 17.1. The van der Waals surface area contributed by atoms with Crippen molar-refractivity contribution in [3.05, 3.63) is 71.1 Å². The van der Waals surface area contributed by atoms with Gasteiger partial charge in [-0.2, -0.15) is 0 Å². The number of fused-ring (bicyclic) bond motifs is 1. The van der Waals surface area contributed by atoms with Gasteiger partial charge >= 0.3 is 0 Å². The average molecular weight is 494 g/mol. The topological polar surface area (TPSA) is 134 Å². The Bertz CT molecular complexity index is 1300. The van der Waals surface area contributed by atoms with Gasteiger partial charge in [-0.1, -0.05) is 24.0 Å². The molecule has 36 heavy (non-hydrogen) atoms. The number of amides is 2. The zero-order valence-corrected chi connectivity index (χ0v) is 20.3. The van der Waals surface area contributed by atoms with Crippen molar-refractivity contribution in [1.82, 2.24) is 15.2 Å². The summed E-state index contributed by atoms with van der Waals surface area (Å²) in [6.07, 6.45) is 0.755. The first-order valence-electron chi connectivity index (χ1n) is 11.3. The maximum Gasteiger partial charge on any atom is 0.288 e. The first kappa shape index (κ1) is 26.4. The van der Waals surface area contributed by atoms with Crippen molar-refractivity contribution in [3.8, 4) is 17.6 Å². The third-order valence-electron chi connectivity index (χ3n) is 4.97. The zero-order chi connectivity index (χ0) is 26.3. The van der Waals surface area contributed by atoms with Crippen LogP contribution in [0.5, 0.6) is 5.75 Å². The molecule has 188 valence electrons. The maximum absolute atomic E-state index is 12.9. The SMILES string of the molecule is CCN1C(=O)CCOc2ccc(C#CC(C)(C)O)cc21.NC(=O)c1n[nH]c(Cc2cccc(F)c2)n1. The highest BCUT2D eigenvalue weighted by atomic mass is 19.1. The second kappa shape index (κ2) is 11.5. The molecule has 0 radical (unpaired) electrons. The minimum absolute atomic E-state index is 0.0545. The standard InChI is InChI=1S/C16H19NO3.C10H9FN4O/c1-4-17-13-11-12(7-9-16(2,3)19)5-6-14(13)20-10-8-15(17)18;11-7-3-1-2-6(4-7)5-8-13-10(9(12)16)15-14-8/h5-6,11,19H,4,8,10H2,1-3H3;1-4H,5H2,(H2,12,16)(H,13,14,15). The highest BCUT2D eigenvalue weighted by molar-refractivity contribution is 5.95. The number of halogens is 1. The smallest absolute Gasteiger partial charge is 0.288 e. The van der Waals surface area contributed by atoms with Gasteiger partial charge in [-0.3, -0.25) is 14.7 Å². The molecule has 1 aliphatic rings. The number of aromatic nitrogens is 3. The fourth-order valence-corrected chi connectivity index (χ4v) is 3.34. The van der Waals surface area contributed by atoms with E-state index < -0.39 is 11.5 Å². The Hall–Kier alpha value is -4.23. The minimum atomic E-state index is -1.04. The fourth-order valence-electron chi connectivity index (χ4n) is 3.34. The monoisotopic (exact) mass is 493 g/mol. The van der Waals surface area contributed by atoms with Crippen LogP contribution < -0.4 is 15.4 Å². The molecule has 0 spiro atoms. The van der Waals surface area contributed by atoms with Crippen LogP contribution in [0.25, 0.3) is 0 Å². The van der Waals surface area contributed by atoms with Crippen LogP contribution in [0.4, 0.5) is 10.1 Å². The molecule has 2 aromatic carbocycles. The molecule has 0 saturated carbocycles. The number of carbonyl (C=O) groups is 2. The lowest BCUT2D eigenvalue weighted by molar-refractivity contribution is -0.118. The van der Waals surface area contributed by atoms with Crippen LogP contribution in [0.1, 0.15) is 54.8 Å². The summed E-state index contributed by atoms with van der Waals surface area (Å²) in [5.41, 5.74) is 6.21. The van der Waals surface area contributed by atoms with Crippen molar-refractivity contribution in [1.29, 1.82) is 0 Å². The number of carbonyl (C=O) groups excluding carboxylic acids is 2. The summed E-state index contributed by atoms with van der Waals surface area (Å²) in [5.74, 6) is 5.84. The number of H-pyrrole nitrogens is 1. The minimum Gasteiger partial charge on any atom is -0.491 e. The molecule has 0 atom stereocenters. The molecule has 0 unspecified atom stereocenters.